The minimum atomic E-state index is -0.105. The number of hydrogen-bond donors (Lipinski definition) is 1. The van der Waals surface area contributed by atoms with E-state index in [2.05, 4.69) is 12.2 Å². The largest absolute Gasteiger partial charge is 0.383 e. The van der Waals surface area contributed by atoms with E-state index in [0.717, 1.165) is 16.3 Å². The van der Waals surface area contributed by atoms with Gasteiger partial charge in [-0.05, 0) is 41.5 Å². The standard InChI is InChI=1S/C17H22N2O2S2/c1-3-22-15-8-6-14(7-9-15)18-17(20)19(10-11-21-2)13-16-5-4-12-23-16/h4-9,12H,3,10-11,13H2,1-2H3,(H,18,20). The van der Waals surface area contributed by atoms with E-state index in [1.807, 2.05) is 41.8 Å². The number of thiophene rings is 1. The normalized spacial score (nSPS) is 10.5. The number of methoxy groups -OCH3 is 1. The first-order valence-corrected chi connectivity index (χ1v) is 9.39. The Morgan fingerprint density at radius 3 is 2.70 bits per heavy atom. The van der Waals surface area contributed by atoms with Crippen molar-refractivity contribution in [3.8, 4) is 0 Å². The number of benzene rings is 1. The fourth-order valence-electron chi connectivity index (χ4n) is 2.05. The molecule has 6 heteroatoms. The number of carbonyl (C=O) groups is 1. The third-order valence-electron chi connectivity index (χ3n) is 3.20. The molecular formula is C17H22N2O2S2. The SMILES string of the molecule is CCSc1ccc(NC(=O)N(CCOC)Cc2cccs2)cc1. The maximum atomic E-state index is 12.5. The number of rotatable bonds is 8. The van der Waals surface area contributed by atoms with Crippen molar-refractivity contribution in [2.24, 2.45) is 0 Å². The number of carbonyl (C=O) groups excluding carboxylic acids is 1. The summed E-state index contributed by atoms with van der Waals surface area (Å²) < 4.78 is 5.11. The number of thioether (sulfide) groups is 1. The molecular weight excluding hydrogens is 328 g/mol. The van der Waals surface area contributed by atoms with Gasteiger partial charge in [-0.25, -0.2) is 4.79 Å². The van der Waals surface area contributed by atoms with Crippen molar-refractivity contribution in [2.45, 2.75) is 18.4 Å². The second-order valence-electron chi connectivity index (χ2n) is 4.88. The quantitative estimate of drug-likeness (QED) is 0.711. The summed E-state index contributed by atoms with van der Waals surface area (Å²) in [5.74, 6) is 1.04. The van der Waals surface area contributed by atoms with Gasteiger partial charge < -0.3 is 15.0 Å². The molecule has 1 N–H and O–H groups in total. The highest BCUT2D eigenvalue weighted by Crippen LogP contribution is 2.20. The molecule has 2 aromatic rings. The highest BCUT2D eigenvalue weighted by molar-refractivity contribution is 7.99. The highest BCUT2D eigenvalue weighted by Gasteiger charge is 2.14. The van der Waals surface area contributed by atoms with E-state index in [1.54, 1.807) is 35.1 Å². The molecule has 0 radical (unpaired) electrons. The van der Waals surface area contributed by atoms with Gasteiger partial charge in [0.25, 0.3) is 0 Å². The second-order valence-corrected chi connectivity index (χ2v) is 7.25. The van der Waals surface area contributed by atoms with Crippen LogP contribution in [-0.2, 0) is 11.3 Å². The van der Waals surface area contributed by atoms with Gasteiger partial charge in [0.2, 0.25) is 0 Å². The van der Waals surface area contributed by atoms with Crippen molar-refractivity contribution in [1.82, 2.24) is 4.90 Å². The van der Waals surface area contributed by atoms with Gasteiger partial charge >= 0.3 is 6.03 Å². The molecule has 1 heterocycles. The summed E-state index contributed by atoms with van der Waals surface area (Å²) in [6, 6.07) is 11.9. The van der Waals surface area contributed by atoms with E-state index in [0.29, 0.717) is 19.7 Å². The van der Waals surface area contributed by atoms with Crippen molar-refractivity contribution in [1.29, 1.82) is 0 Å². The van der Waals surface area contributed by atoms with Crippen molar-refractivity contribution in [3.05, 3.63) is 46.7 Å². The Kier molecular flexibility index (Phi) is 7.45. The first-order valence-electron chi connectivity index (χ1n) is 7.53. The lowest BCUT2D eigenvalue weighted by Crippen LogP contribution is -2.36. The van der Waals surface area contributed by atoms with E-state index < -0.39 is 0 Å². The summed E-state index contributed by atoms with van der Waals surface area (Å²) in [5, 5.41) is 4.98. The molecule has 23 heavy (non-hydrogen) atoms. The van der Waals surface area contributed by atoms with E-state index in [9.17, 15) is 4.79 Å². The fraction of sp³-hybridized carbons (Fsp3) is 0.353. The molecule has 124 valence electrons. The van der Waals surface area contributed by atoms with Gasteiger partial charge in [-0.2, -0.15) is 0 Å². The average molecular weight is 351 g/mol. The predicted octanol–water partition coefficient (Wildman–Crippen LogP) is 4.54. The van der Waals surface area contributed by atoms with Crippen LogP contribution in [0.2, 0.25) is 0 Å². The smallest absolute Gasteiger partial charge is 0.322 e. The average Bonchev–Trinajstić information content (AvgIpc) is 3.06. The van der Waals surface area contributed by atoms with Crippen molar-refractivity contribution >= 4 is 34.8 Å². The van der Waals surface area contributed by atoms with Gasteiger partial charge in [0.15, 0.2) is 0 Å². The first-order chi connectivity index (χ1) is 11.2. The number of hydrogen-bond acceptors (Lipinski definition) is 4. The Hall–Kier alpha value is -1.50. The first kappa shape index (κ1) is 17.8. The van der Waals surface area contributed by atoms with Gasteiger partial charge in [0.05, 0.1) is 13.2 Å². The van der Waals surface area contributed by atoms with E-state index in [1.165, 1.54) is 4.90 Å². The molecule has 0 unspecified atom stereocenters. The molecule has 1 aromatic heterocycles. The number of ether oxygens (including phenoxy) is 1. The molecule has 2 amide bonds. The zero-order chi connectivity index (χ0) is 16.5. The molecule has 1 aromatic carbocycles. The highest BCUT2D eigenvalue weighted by atomic mass is 32.2. The van der Waals surface area contributed by atoms with Crippen LogP contribution in [0.5, 0.6) is 0 Å². The molecule has 0 saturated heterocycles. The molecule has 0 bridgehead atoms. The van der Waals surface area contributed by atoms with Gasteiger partial charge in [-0.1, -0.05) is 13.0 Å². The number of anilines is 1. The van der Waals surface area contributed by atoms with Crippen LogP contribution in [0.25, 0.3) is 0 Å². The summed E-state index contributed by atoms with van der Waals surface area (Å²) in [7, 11) is 1.64. The van der Waals surface area contributed by atoms with Crippen molar-refractivity contribution in [3.63, 3.8) is 0 Å². The lowest BCUT2D eigenvalue weighted by atomic mass is 10.3. The lowest BCUT2D eigenvalue weighted by molar-refractivity contribution is 0.153. The topological polar surface area (TPSA) is 41.6 Å². The molecule has 0 aliphatic carbocycles. The summed E-state index contributed by atoms with van der Waals surface area (Å²) in [4.78, 5) is 16.6. The number of amides is 2. The van der Waals surface area contributed by atoms with Crippen molar-refractivity contribution in [2.75, 3.05) is 31.3 Å². The Morgan fingerprint density at radius 1 is 1.30 bits per heavy atom. The van der Waals surface area contributed by atoms with Crippen LogP contribution in [0.1, 0.15) is 11.8 Å². The summed E-state index contributed by atoms with van der Waals surface area (Å²) >= 11 is 3.44. The second kappa shape index (κ2) is 9.60. The van der Waals surface area contributed by atoms with E-state index in [4.69, 9.17) is 4.74 Å². The Balaban J connectivity index is 1.98. The summed E-state index contributed by atoms with van der Waals surface area (Å²) in [6.45, 7) is 3.80. The van der Waals surface area contributed by atoms with Crippen LogP contribution >= 0.6 is 23.1 Å². The summed E-state index contributed by atoms with van der Waals surface area (Å²) in [5.41, 5.74) is 0.809. The molecule has 0 atom stereocenters. The lowest BCUT2D eigenvalue weighted by Gasteiger charge is -2.22. The molecule has 0 spiro atoms. The van der Waals surface area contributed by atoms with Crippen LogP contribution in [0.4, 0.5) is 10.5 Å². The van der Waals surface area contributed by atoms with E-state index in [-0.39, 0.29) is 6.03 Å². The molecule has 0 saturated carbocycles. The predicted molar refractivity (Wildman–Crippen MR) is 98.5 cm³/mol. The molecule has 2 rings (SSSR count). The van der Waals surface area contributed by atoms with Crippen LogP contribution in [0, 0.1) is 0 Å². The summed E-state index contributed by atoms with van der Waals surface area (Å²) in [6.07, 6.45) is 0. The maximum Gasteiger partial charge on any atom is 0.322 e. The van der Waals surface area contributed by atoms with Crippen LogP contribution in [-0.4, -0.2) is 36.9 Å². The Bertz CT molecular complexity index is 585. The van der Waals surface area contributed by atoms with Gasteiger partial charge in [-0.15, -0.1) is 23.1 Å². The minimum absolute atomic E-state index is 0.105. The Labute approximate surface area is 145 Å². The zero-order valence-electron chi connectivity index (χ0n) is 13.5. The van der Waals surface area contributed by atoms with Gasteiger partial charge in [-0.3, -0.25) is 0 Å². The minimum Gasteiger partial charge on any atom is -0.383 e. The monoisotopic (exact) mass is 350 g/mol. The number of urea groups is 1. The van der Waals surface area contributed by atoms with E-state index >= 15 is 0 Å². The van der Waals surface area contributed by atoms with Crippen LogP contribution in [0.15, 0.2) is 46.7 Å². The third-order valence-corrected chi connectivity index (χ3v) is 4.95. The fourth-order valence-corrected chi connectivity index (χ4v) is 3.43. The molecule has 4 nitrogen and oxygen atoms in total. The van der Waals surface area contributed by atoms with Gasteiger partial charge in [0, 0.05) is 29.1 Å². The van der Waals surface area contributed by atoms with Gasteiger partial charge in [0.1, 0.15) is 0 Å². The molecule has 0 aliphatic rings. The maximum absolute atomic E-state index is 12.5. The number of nitrogens with zero attached hydrogens (tertiary/aromatic N) is 1. The van der Waals surface area contributed by atoms with Crippen LogP contribution in [0.3, 0.4) is 0 Å². The molecule has 0 fully saturated rings. The van der Waals surface area contributed by atoms with Crippen molar-refractivity contribution < 1.29 is 9.53 Å². The zero-order valence-corrected chi connectivity index (χ0v) is 15.1. The Morgan fingerprint density at radius 2 is 2.09 bits per heavy atom. The molecule has 0 aliphatic heterocycles. The third kappa shape index (κ3) is 5.89. The van der Waals surface area contributed by atoms with Crippen LogP contribution < -0.4 is 5.32 Å². The number of nitrogens with one attached hydrogen (secondary N) is 1.